The third-order valence-electron chi connectivity index (χ3n) is 1.89. The van der Waals surface area contributed by atoms with E-state index >= 15 is 0 Å². The molecule has 0 heterocycles. The van der Waals surface area contributed by atoms with E-state index in [1.54, 1.807) is 18.2 Å². The molecule has 1 aromatic rings. The minimum Gasteiger partial charge on any atom is -0.480 e. The van der Waals surface area contributed by atoms with Gasteiger partial charge in [-0.1, -0.05) is 18.2 Å². The number of benzene rings is 1. The molecule has 1 rings (SSSR count). The summed E-state index contributed by atoms with van der Waals surface area (Å²) >= 11 is 0. The quantitative estimate of drug-likeness (QED) is 0.681. The largest absolute Gasteiger partial charge is 0.480 e. The highest BCUT2D eigenvalue weighted by molar-refractivity contribution is 7.51. The van der Waals surface area contributed by atoms with Crippen molar-refractivity contribution in [3.8, 4) is 5.75 Å². The van der Waals surface area contributed by atoms with Crippen LogP contribution in [0.15, 0.2) is 30.3 Å². The number of hydrogen-bond acceptors (Lipinski definition) is 4. The van der Waals surface area contributed by atoms with Gasteiger partial charge < -0.3 is 19.6 Å². The summed E-state index contributed by atoms with van der Waals surface area (Å²) in [5.41, 5.74) is 0. The second-order valence-electron chi connectivity index (χ2n) is 3.58. The molecule has 1 aromatic carbocycles. The number of hydrogen-bond donors (Lipinski definition) is 3. The maximum absolute atomic E-state index is 11.6. The van der Waals surface area contributed by atoms with Crippen LogP contribution in [0.3, 0.4) is 0 Å². The third-order valence-corrected chi connectivity index (χ3v) is 2.60. The summed E-state index contributed by atoms with van der Waals surface area (Å²) in [6.45, 7) is -0.864. The first-order chi connectivity index (χ1) is 8.78. The lowest BCUT2D eigenvalue weighted by atomic mass is 10.3. The molecule has 9 heteroatoms. The van der Waals surface area contributed by atoms with Gasteiger partial charge in [0.05, 0.1) is 0 Å². The third kappa shape index (κ3) is 6.01. The summed E-state index contributed by atoms with van der Waals surface area (Å²) in [7, 11) is -4.57. The Balaban J connectivity index is 2.77. The summed E-state index contributed by atoms with van der Waals surface area (Å²) in [6, 6.07) is 7.77. The number of rotatable bonds is 5. The van der Waals surface area contributed by atoms with Gasteiger partial charge in [0.15, 0.2) is 0 Å². The number of carbonyl (C=O) groups is 2. The molecule has 0 atom stereocenters. The zero-order chi connectivity index (χ0) is 14.5. The van der Waals surface area contributed by atoms with Crippen LogP contribution >= 0.6 is 7.60 Å². The molecule has 0 saturated heterocycles. The smallest absolute Gasteiger partial charge is 0.416 e. The lowest BCUT2D eigenvalue weighted by Gasteiger charge is -2.20. The van der Waals surface area contributed by atoms with Gasteiger partial charge in [-0.3, -0.25) is 14.3 Å². The zero-order valence-corrected chi connectivity index (χ0v) is 10.6. The number of carboxylic acids is 1. The van der Waals surface area contributed by atoms with E-state index in [2.05, 4.69) is 0 Å². The second-order valence-corrected chi connectivity index (χ2v) is 5.19. The molecular weight excluding hydrogens is 277 g/mol. The van der Waals surface area contributed by atoms with Crippen molar-refractivity contribution in [3.63, 3.8) is 0 Å². The Morgan fingerprint density at radius 2 is 1.79 bits per heavy atom. The average Bonchev–Trinajstić information content (AvgIpc) is 2.27. The lowest BCUT2D eigenvalue weighted by molar-refractivity contribution is -0.137. The molecule has 8 nitrogen and oxygen atoms in total. The molecule has 1 amide bonds. The Bertz CT molecular complexity index is 498. The SMILES string of the molecule is O=C(O)CN(CP(=O)(O)O)C(=O)Oc1ccccc1. The number of para-hydroxylation sites is 1. The highest BCUT2D eigenvalue weighted by atomic mass is 31.2. The van der Waals surface area contributed by atoms with Crippen LogP contribution in [-0.4, -0.2) is 44.7 Å². The normalized spacial score (nSPS) is 10.8. The second kappa shape index (κ2) is 6.33. The number of nitrogens with zero attached hydrogens (tertiary/aromatic N) is 1. The van der Waals surface area contributed by atoms with Crippen molar-refractivity contribution in [2.24, 2.45) is 0 Å². The minimum atomic E-state index is -4.57. The van der Waals surface area contributed by atoms with Crippen LogP contribution in [0.2, 0.25) is 0 Å². The molecule has 0 saturated carbocycles. The van der Waals surface area contributed by atoms with Crippen molar-refractivity contribution in [2.75, 3.05) is 12.8 Å². The summed E-state index contributed by atoms with van der Waals surface area (Å²) in [5.74, 6) is -1.26. The maximum Gasteiger partial charge on any atom is 0.416 e. The Labute approximate surface area is 108 Å². The van der Waals surface area contributed by atoms with Crippen molar-refractivity contribution in [1.82, 2.24) is 4.90 Å². The van der Waals surface area contributed by atoms with E-state index in [4.69, 9.17) is 19.6 Å². The molecule has 0 aromatic heterocycles. The van der Waals surface area contributed by atoms with E-state index in [0.29, 0.717) is 4.90 Å². The van der Waals surface area contributed by atoms with Gasteiger partial charge in [0, 0.05) is 0 Å². The molecule has 104 valence electrons. The van der Waals surface area contributed by atoms with Crippen LogP contribution < -0.4 is 4.74 Å². The van der Waals surface area contributed by atoms with E-state index in [1.165, 1.54) is 12.1 Å². The summed E-state index contributed by atoms with van der Waals surface area (Å²) in [6.07, 6.45) is -2.16. The van der Waals surface area contributed by atoms with Crippen LogP contribution in [0, 0.1) is 0 Å². The molecule has 3 N–H and O–H groups in total. The molecule has 0 unspecified atom stereocenters. The highest BCUT2D eigenvalue weighted by Gasteiger charge is 2.26. The Hall–Kier alpha value is -1.89. The summed E-state index contributed by atoms with van der Waals surface area (Å²) < 4.78 is 15.6. The van der Waals surface area contributed by atoms with Crippen molar-refractivity contribution in [2.45, 2.75) is 0 Å². The number of carboxylic acid groups (broad SMARTS) is 1. The number of aliphatic carboxylic acids is 1. The fourth-order valence-electron chi connectivity index (χ4n) is 1.21. The van der Waals surface area contributed by atoms with E-state index in [0.717, 1.165) is 0 Å². The van der Waals surface area contributed by atoms with Crippen LogP contribution in [-0.2, 0) is 9.36 Å². The predicted octanol–water partition coefficient (Wildman–Crippen LogP) is 0.707. The van der Waals surface area contributed by atoms with E-state index in [9.17, 15) is 14.2 Å². The van der Waals surface area contributed by atoms with E-state index in [-0.39, 0.29) is 5.75 Å². The van der Waals surface area contributed by atoms with Gasteiger partial charge in [0.2, 0.25) is 0 Å². The van der Waals surface area contributed by atoms with Crippen molar-refractivity contribution in [3.05, 3.63) is 30.3 Å². The molecule has 0 spiro atoms. The maximum atomic E-state index is 11.6. The van der Waals surface area contributed by atoms with Crippen molar-refractivity contribution in [1.29, 1.82) is 0 Å². The Kier molecular flexibility index (Phi) is 5.05. The van der Waals surface area contributed by atoms with Gasteiger partial charge in [-0.2, -0.15) is 0 Å². The van der Waals surface area contributed by atoms with Crippen LogP contribution in [0.1, 0.15) is 0 Å². The van der Waals surface area contributed by atoms with Crippen LogP contribution in [0.25, 0.3) is 0 Å². The van der Waals surface area contributed by atoms with Crippen molar-refractivity contribution >= 4 is 19.7 Å². The number of ether oxygens (including phenoxy) is 1. The topological polar surface area (TPSA) is 124 Å². The first kappa shape index (κ1) is 15.2. The highest BCUT2D eigenvalue weighted by Crippen LogP contribution is 2.35. The molecule has 0 fully saturated rings. The molecule has 0 radical (unpaired) electrons. The first-order valence-corrected chi connectivity index (χ1v) is 6.86. The summed E-state index contributed by atoms with van der Waals surface area (Å²) in [4.78, 5) is 40.2. The molecule has 0 aliphatic rings. The zero-order valence-electron chi connectivity index (χ0n) is 9.67. The van der Waals surface area contributed by atoms with Gasteiger partial charge in [-0.25, -0.2) is 4.79 Å². The van der Waals surface area contributed by atoms with Gasteiger partial charge in [0.1, 0.15) is 18.6 Å². The van der Waals surface area contributed by atoms with Crippen LogP contribution in [0.5, 0.6) is 5.75 Å². The van der Waals surface area contributed by atoms with Crippen LogP contribution in [0.4, 0.5) is 4.79 Å². The van der Waals surface area contributed by atoms with Gasteiger partial charge in [-0.15, -0.1) is 0 Å². The number of carbonyl (C=O) groups excluding carboxylic acids is 1. The molecule has 0 aliphatic heterocycles. The van der Waals surface area contributed by atoms with Gasteiger partial charge in [-0.05, 0) is 12.1 Å². The number of amides is 1. The average molecular weight is 289 g/mol. The Morgan fingerprint density at radius 3 is 2.26 bits per heavy atom. The van der Waals surface area contributed by atoms with Gasteiger partial charge in [0.25, 0.3) is 0 Å². The predicted molar refractivity (Wildman–Crippen MR) is 63.7 cm³/mol. The first-order valence-electron chi connectivity index (χ1n) is 5.06. The lowest BCUT2D eigenvalue weighted by Crippen LogP contribution is -2.38. The fraction of sp³-hybridized carbons (Fsp3) is 0.200. The standard InChI is InChI=1S/C10H12NO7P/c12-9(13)6-11(7-19(15,16)17)10(14)18-8-4-2-1-3-5-8/h1-5H,6-7H2,(H,12,13)(H2,15,16,17). The molecule has 19 heavy (non-hydrogen) atoms. The molecule has 0 aliphatic carbocycles. The monoisotopic (exact) mass is 289 g/mol. The van der Waals surface area contributed by atoms with E-state index in [1.807, 2.05) is 0 Å². The van der Waals surface area contributed by atoms with E-state index < -0.39 is 32.5 Å². The van der Waals surface area contributed by atoms with Gasteiger partial charge >= 0.3 is 19.7 Å². The molecular formula is C10H12NO7P. The molecule has 0 bridgehead atoms. The Morgan fingerprint density at radius 1 is 1.21 bits per heavy atom. The van der Waals surface area contributed by atoms with Crippen molar-refractivity contribution < 1.29 is 33.8 Å². The fourth-order valence-corrected chi connectivity index (χ4v) is 1.87. The minimum absolute atomic E-state index is 0.147. The summed E-state index contributed by atoms with van der Waals surface area (Å²) in [5, 5.41) is 8.59.